The number of carbonyl (C=O) groups excluding carboxylic acids is 3. The number of nitrogen functional groups attached to an aromatic ring is 1. The highest BCUT2D eigenvalue weighted by Gasteiger charge is 2.56. The van der Waals surface area contributed by atoms with Gasteiger partial charge in [-0.1, -0.05) is 48.0 Å². The zero-order chi connectivity index (χ0) is 27.0. The second-order valence-corrected chi connectivity index (χ2v) is 11.7. The van der Waals surface area contributed by atoms with Crippen LogP contribution >= 0.6 is 0 Å². The second-order valence-electron chi connectivity index (χ2n) is 11.7. The maximum Gasteiger partial charge on any atom is 0.330 e. The Kier molecular flexibility index (Phi) is 7.71. The molecule has 3 rings (SSSR count). The van der Waals surface area contributed by atoms with Crippen LogP contribution in [0.2, 0.25) is 0 Å². The molecule has 2 heterocycles. The fourth-order valence-corrected chi connectivity index (χ4v) is 5.93. The number of aromatic nitrogens is 2. The van der Waals surface area contributed by atoms with E-state index < -0.39 is 41.2 Å². The van der Waals surface area contributed by atoms with Gasteiger partial charge in [0.25, 0.3) is 11.5 Å². The molecule has 2 atom stereocenters. The lowest BCUT2D eigenvalue weighted by Gasteiger charge is -2.43. The lowest BCUT2D eigenvalue weighted by molar-refractivity contribution is -0.137. The number of hydrogen-bond acceptors (Lipinski definition) is 6. The van der Waals surface area contributed by atoms with Gasteiger partial charge in [-0.2, -0.15) is 0 Å². The van der Waals surface area contributed by atoms with Crippen molar-refractivity contribution in [2.45, 2.75) is 85.7 Å². The number of nitrogens with zero attached hydrogens (tertiary/aromatic N) is 3. The van der Waals surface area contributed by atoms with Crippen LogP contribution in [0.1, 0.15) is 73.6 Å². The van der Waals surface area contributed by atoms with Gasteiger partial charge in [-0.25, -0.2) is 9.59 Å². The van der Waals surface area contributed by atoms with Gasteiger partial charge in [-0.15, -0.1) is 0 Å². The molecule has 11 heteroatoms. The third-order valence-corrected chi connectivity index (χ3v) is 6.99. The smallest absolute Gasteiger partial charge is 0.330 e. The Morgan fingerprint density at radius 2 is 1.86 bits per heavy atom. The van der Waals surface area contributed by atoms with E-state index in [0.29, 0.717) is 19.3 Å². The van der Waals surface area contributed by atoms with Gasteiger partial charge < -0.3 is 16.0 Å². The van der Waals surface area contributed by atoms with Crippen molar-refractivity contribution in [3.8, 4) is 0 Å². The van der Waals surface area contributed by atoms with Crippen LogP contribution < -0.4 is 27.2 Å². The van der Waals surface area contributed by atoms with E-state index in [4.69, 9.17) is 5.73 Å². The number of nitrogens with one attached hydrogen (secondary N) is 2. The van der Waals surface area contributed by atoms with Crippen LogP contribution in [-0.4, -0.2) is 50.9 Å². The number of imide groups is 1. The average Bonchev–Trinajstić information content (AvgIpc) is 2.94. The summed E-state index contributed by atoms with van der Waals surface area (Å²) in [5.41, 5.74) is 3.51. The number of H-pyrrole nitrogens is 1. The lowest BCUT2D eigenvalue weighted by atomic mass is 9.64. The number of urea groups is 1. The minimum Gasteiger partial charge on any atom is -0.383 e. The van der Waals surface area contributed by atoms with Gasteiger partial charge in [0.1, 0.15) is 17.9 Å². The summed E-state index contributed by atoms with van der Waals surface area (Å²) in [6.45, 7) is 11.8. The van der Waals surface area contributed by atoms with Gasteiger partial charge in [-0.05, 0) is 42.9 Å². The molecular formula is C25H40N6O5. The predicted octanol–water partition coefficient (Wildman–Crippen LogP) is 2.04. The Labute approximate surface area is 211 Å². The van der Waals surface area contributed by atoms with E-state index in [-0.39, 0.29) is 41.8 Å². The van der Waals surface area contributed by atoms with Crippen LogP contribution in [0.25, 0.3) is 0 Å². The zero-order valence-electron chi connectivity index (χ0n) is 22.3. The molecule has 1 aromatic rings. The van der Waals surface area contributed by atoms with Crippen molar-refractivity contribution in [1.82, 2.24) is 19.8 Å². The van der Waals surface area contributed by atoms with E-state index in [0.717, 1.165) is 17.7 Å². The standard InChI is InChI=1S/C25H40N6O5/c1-7-8-9-29-19(26)18(20(33)27-22(29)35)30(12-15(2)3)17(32)13-31-21(34)25(28-23(31)36)11-16(4)10-24(5,6)14-25/h15-16H,7-14,26H2,1-6H3,(H,28,36)(H,27,33,35)/t16-,25-/m0/s1. The van der Waals surface area contributed by atoms with Crippen molar-refractivity contribution in [1.29, 1.82) is 0 Å². The largest absolute Gasteiger partial charge is 0.383 e. The maximum atomic E-state index is 13.6. The Hall–Kier alpha value is -3.11. The van der Waals surface area contributed by atoms with Gasteiger partial charge in [-0.3, -0.25) is 28.8 Å². The average molecular weight is 505 g/mol. The first-order valence-electron chi connectivity index (χ1n) is 12.8. The highest BCUT2D eigenvalue weighted by molar-refractivity contribution is 6.10. The van der Waals surface area contributed by atoms with Crippen molar-refractivity contribution in [2.24, 2.45) is 17.3 Å². The molecular weight excluding hydrogens is 464 g/mol. The number of rotatable bonds is 8. The van der Waals surface area contributed by atoms with Crippen molar-refractivity contribution in [3.63, 3.8) is 0 Å². The molecule has 1 spiro atoms. The SMILES string of the molecule is CCCCn1c(N)c(N(CC(C)C)C(=O)CN2C(=O)N[C@]3(C[C@@H](C)CC(C)(C)C3)C2=O)c(=O)[nH]c1=O. The molecule has 1 aliphatic heterocycles. The summed E-state index contributed by atoms with van der Waals surface area (Å²) in [7, 11) is 0. The second kappa shape index (κ2) is 10.1. The minimum absolute atomic E-state index is 0.0572. The van der Waals surface area contributed by atoms with Crippen LogP contribution in [0.5, 0.6) is 0 Å². The van der Waals surface area contributed by atoms with Gasteiger partial charge in [0.15, 0.2) is 5.69 Å². The molecule has 2 aliphatic rings. The molecule has 2 fully saturated rings. The molecule has 0 unspecified atom stereocenters. The topological polar surface area (TPSA) is 151 Å². The van der Waals surface area contributed by atoms with Crippen LogP contribution in [-0.2, 0) is 16.1 Å². The zero-order valence-corrected chi connectivity index (χ0v) is 22.3. The first kappa shape index (κ1) is 27.5. The number of amides is 4. The number of aromatic amines is 1. The first-order valence-corrected chi connectivity index (χ1v) is 12.8. The van der Waals surface area contributed by atoms with E-state index in [1.807, 2.05) is 20.8 Å². The molecule has 1 aromatic heterocycles. The van der Waals surface area contributed by atoms with Gasteiger partial charge in [0.2, 0.25) is 5.91 Å². The first-order chi connectivity index (χ1) is 16.7. The van der Waals surface area contributed by atoms with E-state index >= 15 is 0 Å². The Bertz CT molecular complexity index is 1150. The van der Waals surface area contributed by atoms with Gasteiger partial charge >= 0.3 is 11.7 Å². The van der Waals surface area contributed by atoms with Gasteiger partial charge in [0.05, 0.1) is 0 Å². The lowest BCUT2D eigenvalue weighted by Crippen LogP contribution is -2.54. The Balaban J connectivity index is 1.95. The Morgan fingerprint density at radius 3 is 2.44 bits per heavy atom. The van der Waals surface area contributed by atoms with Crippen molar-refractivity contribution in [2.75, 3.05) is 23.7 Å². The molecule has 1 aliphatic carbocycles. The highest BCUT2D eigenvalue weighted by Crippen LogP contribution is 2.46. The van der Waals surface area contributed by atoms with E-state index in [1.54, 1.807) is 0 Å². The van der Waals surface area contributed by atoms with Crippen LogP contribution in [0, 0.1) is 17.3 Å². The summed E-state index contributed by atoms with van der Waals surface area (Å²) in [6.07, 6.45) is 3.40. The van der Waals surface area contributed by atoms with Crippen molar-refractivity contribution >= 4 is 29.4 Å². The summed E-state index contributed by atoms with van der Waals surface area (Å²) < 4.78 is 1.25. The molecule has 1 saturated carbocycles. The molecule has 36 heavy (non-hydrogen) atoms. The molecule has 4 amide bonds. The minimum atomic E-state index is -1.04. The highest BCUT2D eigenvalue weighted by atomic mass is 16.2. The molecule has 0 radical (unpaired) electrons. The van der Waals surface area contributed by atoms with Crippen LogP contribution in [0.3, 0.4) is 0 Å². The van der Waals surface area contributed by atoms with Crippen molar-refractivity contribution in [3.05, 3.63) is 20.8 Å². The monoisotopic (exact) mass is 504 g/mol. The van der Waals surface area contributed by atoms with Crippen LogP contribution in [0.4, 0.5) is 16.3 Å². The number of unbranched alkanes of at least 4 members (excludes halogenated alkanes) is 1. The van der Waals surface area contributed by atoms with Crippen molar-refractivity contribution < 1.29 is 14.4 Å². The summed E-state index contributed by atoms with van der Waals surface area (Å²) in [6, 6.07) is -0.613. The summed E-state index contributed by atoms with van der Waals surface area (Å²) in [4.78, 5) is 69.6. The quantitative estimate of drug-likeness (QED) is 0.461. The Morgan fingerprint density at radius 1 is 1.19 bits per heavy atom. The molecule has 1 saturated heterocycles. The third kappa shape index (κ3) is 5.34. The normalized spacial score (nSPS) is 23.4. The summed E-state index contributed by atoms with van der Waals surface area (Å²) in [5.74, 6) is -0.973. The molecule has 200 valence electrons. The number of carbonyl (C=O) groups is 3. The number of hydrogen-bond donors (Lipinski definition) is 3. The van der Waals surface area contributed by atoms with E-state index in [2.05, 4.69) is 31.1 Å². The fraction of sp³-hybridized carbons (Fsp3) is 0.720. The maximum absolute atomic E-state index is 13.6. The van der Waals surface area contributed by atoms with E-state index in [1.165, 1.54) is 9.47 Å². The number of nitrogens with two attached hydrogens (primary N) is 1. The third-order valence-electron chi connectivity index (χ3n) is 6.99. The number of anilines is 2. The molecule has 0 bridgehead atoms. The van der Waals surface area contributed by atoms with Gasteiger partial charge in [0, 0.05) is 13.1 Å². The van der Waals surface area contributed by atoms with Crippen LogP contribution in [0.15, 0.2) is 9.59 Å². The molecule has 4 N–H and O–H groups in total. The fourth-order valence-electron chi connectivity index (χ4n) is 5.93. The van der Waals surface area contributed by atoms with E-state index in [9.17, 15) is 24.0 Å². The summed E-state index contributed by atoms with van der Waals surface area (Å²) in [5, 5.41) is 2.87. The molecule has 11 nitrogen and oxygen atoms in total. The molecule has 0 aromatic carbocycles. The predicted molar refractivity (Wildman–Crippen MR) is 138 cm³/mol. The summed E-state index contributed by atoms with van der Waals surface area (Å²) >= 11 is 0.